The van der Waals surface area contributed by atoms with Crippen LogP contribution in [0.15, 0.2) is 53.4 Å². The molecule has 0 aliphatic heterocycles. The van der Waals surface area contributed by atoms with Gasteiger partial charge in [0.2, 0.25) is 0 Å². The number of rotatable bonds is 8. The van der Waals surface area contributed by atoms with E-state index >= 15 is 0 Å². The standard InChI is InChI=1S/C24H30N2O4S/c1-3-30-19-10-12-20(13-11-19)31(28,29)26-23-7-5-4-6-21(23)24(27)25-16(2)22-15-17-8-9-18(22)14-17/h4-7,10-13,16-18,22,26H,3,8-9,14-15H2,1-2H3,(H,25,27)/t16-,17+,18+,22-/m1/s1. The molecule has 2 aliphatic rings. The Morgan fingerprint density at radius 2 is 1.84 bits per heavy atom. The van der Waals surface area contributed by atoms with Gasteiger partial charge in [-0.2, -0.15) is 0 Å². The fourth-order valence-corrected chi connectivity index (χ4v) is 6.23. The van der Waals surface area contributed by atoms with E-state index in [0.717, 1.165) is 5.92 Å². The van der Waals surface area contributed by atoms with E-state index in [9.17, 15) is 13.2 Å². The van der Waals surface area contributed by atoms with E-state index < -0.39 is 10.0 Å². The summed E-state index contributed by atoms with van der Waals surface area (Å²) in [7, 11) is -3.84. The van der Waals surface area contributed by atoms with Crippen LogP contribution < -0.4 is 14.8 Å². The highest BCUT2D eigenvalue weighted by molar-refractivity contribution is 7.92. The number of sulfonamides is 1. The van der Waals surface area contributed by atoms with E-state index in [-0.39, 0.29) is 22.5 Å². The Morgan fingerprint density at radius 1 is 1.10 bits per heavy atom. The lowest BCUT2D eigenvalue weighted by atomic mass is 9.84. The van der Waals surface area contributed by atoms with E-state index in [0.29, 0.717) is 29.8 Å². The number of hydrogen-bond donors (Lipinski definition) is 2. The normalized spacial score (nSPS) is 23.4. The van der Waals surface area contributed by atoms with Gasteiger partial charge in [-0.25, -0.2) is 8.42 Å². The van der Waals surface area contributed by atoms with Crippen LogP contribution in [-0.2, 0) is 10.0 Å². The van der Waals surface area contributed by atoms with Crippen LogP contribution in [0.3, 0.4) is 0 Å². The molecule has 2 aromatic rings. The van der Waals surface area contributed by atoms with Crippen LogP contribution in [0.25, 0.3) is 0 Å². The molecule has 2 N–H and O–H groups in total. The average Bonchev–Trinajstić information content (AvgIpc) is 3.38. The minimum absolute atomic E-state index is 0.0681. The molecule has 2 bridgehead atoms. The predicted molar refractivity (Wildman–Crippen MR) is 121 cm³/mol. The quantitative estimate of drug-likeness (QED) is 0.633. The summed E-state index contributed by atoms with van der Waals surface area (Å²) >= 11 is 0. The topological polar surface area (TPSA) is 84.5 Å². The number of carbonyl (C=O) groups excluding carboxylic acids is 1. The summed E-state index contributed by atoms with van der Waals surface area (Å²) in [5.41, 5.74) is 0.598. The highest BCUT2D eigenvalue weighted by Gasteiger charge is 2.42. The molecule has 166 valence electrons. The SMILES string of the molecule is CCOc1ccc(S(=O)(=O)Nc2ccccc2C(=O)N[C@H](C)[C@H]2C[C@H]3CC[C@H]2C3)cc1. The summed E-state index contributed by atoms with van der Waals surface area (Å²) in [6, 6.07) is 13.0. The lowest BCUT2D eigenvalue weighted by Gasteiger charge is -2.28. The van der Waals surface area contributed by atoms with Gasteiger partial charge in [0.25, 0.3) is 15.9 Å². The average molecular weight is 443 g/mol. The van der Waals surface area contributed by atoms with Crippen LogP contribution in [0, 0.1) is 17.8 Å². The third-order valence-electron chi connectivity index (χ3n) is 6.65. The molecule has 2 aliphatic carbocycles. The first-order valence-electron chi connectivity index (χ1n) is 11.0. The first-order chi connectivity index (χ1) is 14.9. The van der Waals surface area contributed by atoms with Gasteiger partial charge in [-0.15, -0.1) is 0 Å². The monoisotopic (exact) mass is 442 g/mol. The minimum Gasteiger partial charge on any atom is -0.494 e. The summed E-state index contributed by atoms with van der Waals surface area (Å²) < 4.78 is 33.7. The molecule has 0 unspecified atom stereocenters. The van der Waals surface area contributed by atoms with Crippen molar-refractivity contribution in [1.29, 1.82) is 0 Å². The Morgan fingerprint density at radius 3 is 2.48 bits per heavy atom. The van der Waals surface area contributed by atoms with Crippen LogP contribution in [0.5, 0.6) is 5.75 Å². The van der Waals surface area contributed by atoms with Crippen LogP contribution in [0.2, 0.25) is 0 Å². The van der Waals surface area contributed by atoms with Crippen LogP contribution >= 0.6 is 0 Å². The van der Waals surface area contributed by atoms with Crippen molar-refractivity contribution in [1.82, 2.24) is 5.32 Å². The number of fused-ring (bicyclic) bond motifs is 2. The van der Waals surface area contributed by atoms with Crippen LogP contribution in [-0.4, -0.2) is 27.0 Å². The molecule has 2 aromatic carbocycles. The Balaban J connectivity index is 1.48. The smallest absolute Gasteiger partial charge is 0.261 e. The molecule has 4 atom stereocenters. The summed E-state index contributed by atoms with van der Waals surface area (Å²) in [4.78, 5) is 13.1. The van der Waals surface area contributed by atoms with Gasteiger partial charge >= 0.3 is 0 Å². The maximum Gasteiger partial charge on any atom is 0.261 e. The minimum atomic E-state index is -3.84. The molecule has 0 radical (unpaired) electrons. The fourth-order valence-electron chi connectivity index (χ4n) is 5.15. The molecule has 0 spiro atoms. The highest BCUT2D eigenvalue weighted by atomic mass is 32.2. The van der Waals surface area contributed by atoms with E-state index in [2.05, 4.69) is 17.0 Å². The third-order valence-corrected chi connectivity index (χ3v) is 8.04. The highest BCUT2D eigenvalue weighted by Crippen LogP contribution is 2.49. The lowest BCUT2D eigenvalue weighted by Crippen LogP contribution is -2.40. The van der Waals surface area contributed by atoms with Crippen LogP contribution in [0.4, 0.5) is 5.69 Å². The van der Waals surface area contributed by atoms with Gasteiger partial charge in [0.1, 0.15) is 5.75 Å². The molecule has 6 nitrogen and oxygen atoms in total. The molecule has 0 aromatic heterocycles. The summed E-state index contributed by atoms with van der Waals surface area (Å²) in [6.07, 6.45) is 5.04. The van der Waals surface area contributed by atoms with Gasteiger partial charge in [0.05, 0.1) is 22.8 Å². The molecule has 0 saturated heterocycles. The molecule has 2 saturated carbocycles. The second kappa shape index (κ2) is 8.91. The van der Waals surface area contributed by atoms with Gasteiger partial charge in [-0.1, -0.05) is 18.6 Å². The Labute approximate surface area is 184 Å². The number of carbonyl (C=O) groups is 1. The summed E-state index contributed by atoms with van der Waals surface area (Å²) in [5, 5.41) is 3.12. The van der Waals surface area contributed by atoms with Crippen molar-refractivity contribution in [3.63, 3.8) is 0 Å². The second-order valence-corrected chi connectivity index (χ2v) is 10.3. The summed E-state index contributed by atoms with van der Waals surface area (Å²) in [5.74, 6) is 2.38. The predicted octanol–water partition coefficient (Wildman–Crippen LogP) is 4.44. The number of hydrogen-bond acceptors (Lipinski definition) is 4. The van der Waals surface area contributed by atoms with Crippen molar-refractivity contribution in [2.24, 2.45) is 17.8 Å². The first-order valence-corrected chi connectivity index (χ1v) is 12.5. The molecule has 7 heteroatoms. The third kappa shape index (κ3) is 4.71. The van der Waals surface area contributed by atoms with E-state index in [1.807, 2.05) is 6.92 Å². The van der Waals surface area contributed by atoms with Crippen molar-refractivity contribution in [3.05, 3.63) is 54.1 Å². The lowest BCUT2D eigenvalue weighted by molar-refractivity contribution is 0.0916. The number of para-hydroxylation sites is 1. The Hall–Kier alpha value is -2.54. The number of nitrogens with one attached hydrogen (secondary N) is 2. The van der Waals surface area contributed by atoms with Crippen molar-refractivity contribution in [2.75, 3.05) is 11.3 Å². The molecule has 1 amide bonds. The second-order valence-electron chi connectivity index (χ2n) is 8.66. The maximum atomic E-state index is 13.0. The number of benzene rings is 2. The van der Waals surface area contributed by atoms with E-state index in [1.54, 1.807) is 36.4 Å². The first kappa shape index (κ1) is 21.7. The zero-order chi connectivity index (χ0) is 22.0. The van der Waals surface area contributed by atoms with E-state index in [1.165, 1.54) is 37.8 Å². The Bertz CT molecular complexity index is 1040. The van der Waals surface area contributed by atoms with Gasteiger partial charge in [-0.05, 0) is 87.3 Å². The van der Waals surface area contributed by atoms with E-state index in [4.69, 9.17) is 4.74 Å². The molecule has 4 rings (SSSR count). The van der Waals surface area contributed by atoms with Crippen molar-refractivity contribution >= 4 is 21.6 Å². The van der Waals surface area contributed by atoms with Gasteiger partial charge in [0, 0.05) is 6.04 Å². The summed E-state index contributed by atoms with van der Waals surface area (Å²) in [6.45, 7) is 4.44. The zero-order valence-electron chi connectivity index (χ0n) is 18.0. The Kier molecular flexibility index (Phi) is 6.23. The van der Waals surface area contributed by atoms with Crippen molar-refractivity contribution < 1.29 is 17.9 Å². The fraction of sp³-hybridized carbons (Fsp3) is 0.458. The van der Waals surface area contributed by atoms with Crippen molar-refractivity contribution in [3.8, 4) is 5.75 Å². The van der Waals surface area contributed by atoms with Gasteiger partial charge in [-0.3, -0.25) is 9.52 Å². The molecule has 31 heavy (non-hydrogen) atoms. The zero-order valence-corrected chi connectivity index (χ0v) is 18.8. The maximum absolute atomic E-state index is 13.0. The van der Waals surface area contributed by atoms with Gasteiger partial charge < -0.3 is 10.1 Å². The molecule has 0 heterocycles. The number of amides is 1. The van der Waals surface area contributed by atoms with Gasteiger partial charge in [0.15, 0.2) is 0 Å². The molecular formula is C24H30N2O4S. The molecular weight excluding hydrogens is 412 g/mol. The van der Waals surface area contributed by atoms with Crippen molar-refractivity contribution in [2.45, 2.75) is 50.5 Å². The largest absolute Gasteiger partial charge is 0.494 e. The molecule has 2 fully saturated rings. The number of anilines is 1. The number of ether oxygens (including phenoxy) is 1. The van der Waals surface area contributed by atoms with Crippen LogP contribution in [0.1, 0.15) is 49.9 Å².